The molecule has 1 atom stereocenters. The molecular weight excluding hydrogens is 238 g/mol. The Balaban J connectivity index is 4.45. The monoisotopic (exact) mass is 259 g/mol. The number of carboxylic acids is 1. The molecule has 0 fully saturated rings. The van der Waals surface area contributed by atoms with Crippen molar-refractivity contribution in [2.24, 2.45) is 0 Å². The van der Waals surface area contributed by atoms with Gasteiger partial charge in [-0.3, -0.25) is 9.59 Å². The Bertz CT molecular complexity index is 319. The Morgan fingerprint density at radius 3 is 2.17 bits per heavy atom. The summed E-state index contributed by atoms with van der Waals surface area (Å²) in [6.45, 7) is 5.50. The van der Waals surface area contributed by atoms with Gasteiger partial charge < -0.3 is 20.2 Å². The zero-order chi connectivity index (χ0) is 14.3. The minimum atomic E-state index is -1.09. The number of likely N-dealkylation sites (N-methyl/N-ethyl adjacent to an activating group) is 2. The van der Waals surface area contributed by atoms with Crippen molar-refractivity contribution >= 4 is 17.9 Å². The molecule has 0 aromatic rings. The molecule has 3 amide bonds. The van der Waals surface area contributed by atoms with E-state index in [0.717, 1.165) is 4.90 Å². The number of amides is 3. The van der Waals surface area contributed by atoms with E-state index in [1.54, 1.807) is 20.9 Å². The van der Waals surface area contributed by atoms with Crippen LogP contribution in [0.15, 0.2) is 0 Å². The van der Waals surface area contributed by atoms with E-state index in [1.807, 2.05) is 6.92 Å². The van der Waals surface area contributed by atoms with Crippen LogP contribution in [0.1, 0.15) is 20.8 Å². The van der Waals surface area contributed by atoms with Crippen LogP contribution in [0.5, 0.6) is 0 Å². The maximum atomic E-state index is 11.7. The molecule has 1 unspecified atom stereocenters. The first-order valence-corrected chi connectivity index (χ1v) is 5.85. The van der Waals surface area contributed by atoms with Gasteiger partial charge in [-0.05, 0) is 20.8 Å². The van der Waals surface area contributed by atoms with Crippen LogP contribution in [0, 0.1) is 0 Å². The molecule has 7 heteroatoms. The minimum Gasteiger partial charge on any atom is -0.480 e. The molecule has 104 valence electrons. The third-order valence-corrected chi connectivity index (χ3v) is 2.56. The SMILES string of the molecule is CCN(C)C(=O)C(C)NC(=O)N(CC)CC(=O)O. The maximum absolute atomic E-state index is 11.7. The van der Waals surface area contributed by atoms with Crippen molar-refractivity contribution in [3.05, 3.63) is 0 Å². The highest BCUT2D eigenvalue weighted by Crippen LogP contribution is 1.95. The van der Waals surface area contributed by atoms with Crippen molar-refractivity contribution < 1.29 is 19.5 Å². The van der Waals surface area contributed by atoms with Crippen LogP contribution >= 0.6 is 0 Å². The van der Waals surface area contributed by atoms with Crippen molar-refractivity contribution in [3.8, 4) is 0 Å². The first-order valence-electron chi connectivity index (χ1n) is 5.85. The number of carboxylic acid groups (broad SMARTS) is 1. The predicted molar refractivity (Wildman–Crippen MR) is 66.2 cm³/mol. The number of nitrogens with one attached hydrogen (secondary N) is 1. The number of carbonyl (C=O) groups excluding carboxylic acids is 2. The predicted octanol–water partition coefficient (Wildman–Crippen LogP) is -0.0307. The highest BCUT2D eigenvalue weighted by atomic mass is 16.4. The summed E-state index contributed by atoms with van der Waals surface area (Å²) in [4.78, 5) is 36.6. The number of nitrogens with zero attached hydrogens (tertiary/aromatic N) is 2. The van der Waals surface area contributed by atoms with Gasteiger partial charge in [-0.25, -0.2) is 4.79 Å². The van der Waals surface area contributed by atoms with Crippen LogP contribution in [0.2, 0.25) is 0 Å². The molecule has 0 aliphatic carbocycles. The van der Waals surface area contributed by atoms with Crippen LogP contribution < -0.4 is 5.32 Å². The summed E-state index contributed by atoms with van der Waals surface area (Å²) in [5.41, 5.74) is 0. The van der Waals surface area contributed by atoms with E-state index in [9.17, 15) is 14.4 Å². The van der Waals surface area contributed by atoms with Crippen molar-refractivity contribution in [3.63, 3.8) is 0 Å². The second-order valence-corrected chi connectivity index (χ2v) is 3.93. The number of hydrogen-bond acceptors (Lipinski definition) is 3. The second kappa shape index (κ2) is 7.52. The van der Waals surface area contributed by atoms with E-state index < -0.39 is 18.0 Å². The quantitative estimate of drug-likeness (QED) is 0.701. The van der Waals surface area contributed by atoms with Crippen molar-refractivity contribution in [2.75, 3.05) is 26.7 Å². The fraction of sp³-hybridized carbons (Fsp3) is 0.727. The summed E-state index contributed by atoms with van der Waals surface area (Å²) in [5.74, 6) is -1.30. The first-order chi connectivity index (χ1) is 8.33. The van der Waals surface area contributed by atoms with Gasteiger partial charge in [0.1, 0.15) is 12.6 Å². The summed E-state index contributed by atoms with van der Waals surface area (Å²) < 4.78 is 0. The van der Waals surface area contributed by atoms with Crippen molar-refractivity contribution in [2.45, 2.75) is 26.8 Å². The maximum Gasteiger partial charge on any atom is 0.323 e. The molecule has 0 aliphatic heterocycles. The number of carbonyl (C=O) groups is 3. The Kier molecular flexibility index (Phi) is 6.77. The average molecular weight is 259 g/mol. The number of rotatable bonds is 6. The minimum absolute atomic E-state index is 0.211. The van der Waals surface area contributed by atoms with Gasteiger partial charge >= 0.3 is 12.0 Å². The van der Waals surface area contributed by atoms with Crippen molar-refractivity contribution in [1.29, 1.82) is 0 Å². The Morgan fingerprint density at radius 1 is 1.22 bits per heavy atom. The Hall–Kier alpha value is -1.79. The van der Waals surface area contributed by atoms with E-state index in [1.165, 1.54) is 4.90 Å². The fourth-order valence-electron chi connectivity index (χ4n) is 1.32. The molecule has 0 saturated heterocycles. The zero-order valence-electron chi connectivity index (χ0n) is 11.3. The van der Waals surface area contributed by atoms with E-state index in [-0.39, 0.29) is 19.0 Å². The fourth-order valence-corrected chi connectivity index (χ4v) is 1.32. The van der Waals surface area contributed by atoms with Gasteiger partial charge in [-0.2, -0.15) is 0 Å². The lowest BCUT2D eigenvalue weighted by atomic mass is 10.3. The van der Waals surface area contributed by atoms with Crippen molar-refractivity contribution in [1.82, 2.24) is 15.1 Å². The third kappa shape index (κ3) is 5.03. The lowest BCUT2D eigenvalue weighted by Gasteiger charge is -2.24. The number of urea groups is 1. The van der Waals surface area contributed by atoms with Gasteiger partial charge in [0.15, 0.2) is 0 Å². The van der Waals surface area contributed by atoms with Gasteiger partial charge in [0, 0.05) is 20.1 Å². The summed E-state index contributed by atoms with van der Waals surface area (Å²) in [7, 11) is 1.64. The molecule has 0 radical (unpaired) electrons. The molecule has 18 heavy (non-hydrogen) atoms. The van der Waals surface area contributed by atoms with Gasteiger partial charge in [0.2, 0.25) is 5.91 Å². The van der Waals surface area contributed by atoms with Crippen LogP contribution in [-0.2, 0) is 9.59 Å². The molecule has 0 aromatic carbocycles. The molecular formula is C11H21N3O4. The molecule has 0 aromatic heterocycles. The number of aliphatic carboxylic acids is 1. The normalized spacial score (nSPS) is 11.6. The zero-order valence-corrected chi connectivity index (χ0v) is 11.3. The lowest BCUT2D eigenvalue weighted by Crippen LogP contribution is -2.51. The highest BCUT2D eigenvalue weighted by Gasteiger charge is 2.22. The third-order valence-electron chi connectivity index (χ3n) is 2.56. The molecule has 2 N–H and O–H groups in total. The summed E-state index contributed by atoms with van der Waals surface area (Å²) in [6, 6.07) is -1.23. The smallest absolute Gasteiger partial charge is 0.323 e. The van der Waals surface area contributed by atoms with E-state index in [4.69, 9.17) is 5.11 Å². The lowest BCUT2D eigenvalue weighted by molar-refractivity contribution is -0.137. The van der Waals surface area contributed by atoms with Gasteiger partial charge in [-0.1, -0.05) is 0 Å². The van der Waals surface area contributed by atoms with Crippen LogP contribution in [-0.4, -0.2) is 65.5 Å². The topological polar surface area (TPSA) is 90.0 Å². The Morgan fingerprint density at radius 2 is 1.78 bits per heavy atom. The number of hydrogen-bond donors (Lipinski definition) is 2. The van der Waals surface area contributed by atoms with Gasteiger partial charge in [0.25, 0.3) is 0 Å². The molecule has 0 saturated carbocycles. The van der Waals surface area contributed by atoms with E-state index in [2.05, 4.69) is 5.32 Å². The van der Waals surface area contributed by atoms with Crippen LogP contribution in [0.3, 0.4) is 0 Å². The standard InChI is InChI=1S/C11H21N3O4/c1-5-13(4)10(17)8(3)12-11(18)14(6-2)7-9(15)16/h8H,5-7H2,1-4H3,(H,12,18)(H,15,16). The largest absolute Gasteiger partial charge is 0.480 e. The van der Waals surface area contributed by atoms with Gasteiger partial charge in [0.05, 0.1) is 0 Å². The summed E-state index contributed by atoms with van der Waals surface area (Å²) in [6.07, 6.45) is 0. The molecule has 7 nitrogen and oxygen atoms in total. The van der Waals surface area contributed by atoms with E-state index in [0.29, 0.717) is 6.54 Å². The molecule has 0 bridgehead atoms. The summed E-state index contributed by atoms with van der Waals surface area (Å²) >= 11 is 0. The average Bonchev–Trinajstić information content (AvgIpc) is 2.33. The molecule has 0 heterocycles. The van der Waals surface area contributed by atoms with Crippen LogP contribution in [0.4, 0.5) is 4.79 Å². The summed E-state index contributed by atoms with van der Waals surface area (Å²) in [5, 5.41) is 11.1. The molecule has 0 spiro atoms. The molecule has 0 aliphatic rings. The second-order valence-electron chi connectivity index (χ2n) is 3.93. The van der Waals surface area contributed by atoms with Crippen LogP contribution in [0.25, 0.3) is 0 Å². The van der Waals surface area contributed by atoms with E-state index >= 15 is 0 Å². The Labute approximate surface area is 107 Å². The molecule has 0 rings (SSSR count). The highest BCUT2D eigenvalue weighted by molar-refractivity contribution is 5.87. The van der Waals surface area contributed by atoms with Gasteiger partial charge in [-0.15, -0.1) is 0 Å². The first kappa shape index (κ1) is 16.2.